The number of ether oxygens (including phenoxy) is 1. The molecule has 1 fully saturated rings. The summed E-state index contributed by atoms with van der Waals surface area (Å²) in [6.45, 7) is 2.00. The standard InChI is InChI=1S/C8H17NO2.ClH/c1-6-4-7(9(2)3)5-8(10)11-6;/h6-8,10H,4-5H2,1-3H3;1H/t6-,7+,8?;/m1./s1. The summed E-state index contributed by atoms with van der Waals surface area (Å²) < 4.78 is 5.20. The van der Waals surface area contributed by atoms with Crippen molar-refractivity contribution in [3.8, 4) is 0 Å². The van der Waals surface area contributed by atoms with Crippen molar-refractivity contribution in [2.75, 3.05) is 14.1 Å². The van der Waals surface area contributed by atoms with E-state index in [0.717, 1.165) is 12.8 Å². The van der Waals surface area contributed by atoms with E-state index in [0.29, 0.717) is 6.04 Å². The van der Waals surface area contributed by atoms with Crippen molar-refractivity contribution in [2.24, 2.45) is 0 Å². The normalized spacial score (nSPS) is 36.2. The highest BCUT2D eigenvalue weighted by atomic mass is 35.5. The van der Waals surface area contributed by atoms with Crippen LogP contribution in [0.1, 0.15) is 19.8 Å². The second kappa shape index (κ2) is 5.02. The monoisotopic (exact) mass is 195 g/mol. The van der Waals surface area contributed by atoms with Gasteiger partial charge in [0.05, 0.1) is 6.10 Å². The van der Waals surface area contributed by atoms with E-state index in [2.05, 4.69) is 4.90 Å². The van der Waals surface area contributed by atoms with E-state index in [9.17, 15) is 5.11 Å². The quantitative estimate of drug-likeness (QED) is 0.674. The predicted molar refractivity (Wildman–Crippen MR) is 50.5 cm³/mol. The minimum Gasteiger partial charge on any atom is -0.368 e. The minimum absolute atomic E-state index is 0. The van der Waals surface area contributed by atoms with E-state index in [1.54, 1.807) is 0 Å². The summed E-state index contributed by atoms with van der Waals surface area (Å²) in [5.41, 5.74) is 0. The molecule has 1 aliphatic rings. The van der Waals surface area contributed by atoms with Gasteiger partial charge in [0, 0.05) is 12.5 Å². The second-order valence-corrected chi connectivity index (χ2v) is 3.49. The van der Waals surface area contributed by atoms with Gasteiger partial charge in [-0.25, -0.2) is 0 Å². The number of halogens is 1. The van der Waals surface area contributed by atoms with Crippen molar-refractivity contribution in [1.82, 2.24) is 4.90 Å². The zero-order valence-corrected chi connectivity index (χ0v) is 8.67. The molecule has 12 heavy (non-hydrogen) atoms. The van der Waals surface area contributed by atoms with Crippen LogP contribution in [-0.4, -0.2) is 42.5 Å². The van der Waals surface area contributed by atoms with Crippen LogP contribution in [-0.2, 0) is 4.74 Å². The van der Waals surface area contributed by atoms with Gasteiger partial charge in [0.1, 0.15) is 0 Å². The summed E-state index contributed by atoms with van der Waals surface area (Å²) in [5, 5.41) is 9.25. The number of rotatable bonds is 1. The Morgan fingerprint density at radius 1 is 1.33 bits per heavy atom. The maximum absolute atomic E-state index is 9.25. The Morgan fingerprint density at radius 2 is 1.92 bits per heavy atom. The Morgan fingerprint density at radius 3 is 2.33 bits per heavy atom. The van der Waals surface area contributed by atoms with Crippen molar-refractivity contribution in [1.29, 1.82) is 0 Å². The maximum atomic E-state index is 9.25. The van der Waals surface area contributed by atoms with Crippen LogP contribution in [0.5, 0.6) is 0 Å². The zero-order valence-electron chi connectivity index (χ0n) is 7.86. The predicted octanol–water partition coefficient (Wildman–Crippen LogP) is 0.856. The molecule has 3 nitrogen and oxygen atoms in total. The van der Waals surface area contributed by atoms with Crippen molar-refractivity contribution in [3.63, 3.8) is 0 Å². The third-order valence-corrected chi connectivity index (χ3v) is 2.20. The molecule has 1 heterocycles. The lowest BCUT2D eigenvalue weighted by Crippen LogP contribution is -2.41. The van der Waals surface area contributed by atoms with Gasteiger partial charge < -0.3 is 14.7 Å². The summed E-state index contributed by atoms with van der Waals surface area (Å²) in [6, 6.07) is 0.466. The van der Waals surface area contributed by atoms with Crippen molar-refractivity contribution < 1.29 is 9.84 Å². The molecule has 1 N–H and O–H groups in total. The van der Waals surface area contributed by atoms with Crippen molar-refractivity contribution >= 4 is 12.4 Å². The highest BCUT2D eigenvalue weighted by Gasteiger charge is 2.26. The van der Waals surface area contributed by atoms with Gasteiger partial charge in [-0.2, -0.15) is 0 Å². The summed E-state index contributed by atoms with van der Waals surface area (Å²) in [6.07, 6.45) is 1.37. The van der Waals surface area contributed by atoms with Crippen LogP contribution < -0.4 is 0 Å². The van der Waals surface area contributed by atoms with Gasteiger partial charge >= 0.3 is 0 Å². The molecule has 0 aromatic heterocycles. The lowest BCUT2D eigenvalue weighted by atomic mass is 10.0. The fourth-order valence-corrected chi connectivity index (χ4v) is 1.51. The lowest BCUT2D eigenvalue weighted by Gasteiger charge is -2.34. The molecule has 0 aromatic rings. The van der Waals surface area contributed by atoms with E-state index in [4.69, 9.17) is 4.74 Å². The molecule has 0 spiro atoms. The number of hydrogen-bond acceptors (Lipinski definition) is 3. The lowest BCUT2D eigenvalue weighted by molar-refractivity contribution is -0.172. The molecule has 0 amide bonds. The van der Waals surface area contributed by atoms with Gasteiger partial charge in [-0.3, -0.25) is 0 Å². The molecule has 1 unspecified atom stereocenters. The van der Waals surface area contributed by atoms with Gasteiger partial charge in [0.2, 0.25) is 0 Å². The maximum Gasteiger partial charge on any atom is 0.156 e. The molecule has 1 saturated heterocycles. The molecule has 0 bridgehead atoms. The first kappa shape index (κ1) is 12.2. The SMILES string of the molecule is C[C@@H]1C[C@H](N(C)C)CC(O)O1.Cl. The van der Waals surface area contributed by atoms with Gasteiger partial charge in [-0.1, -0.05) is 0 Å². The molecule has 1 rings (SSSR count). The van der Waals surface area contributed by atoms with Gasteiger partial charge in [0.15, 0.2) is 6.29 Å². The zero-order chi connectivity index (χ0) is 8.43. The van der Waals surface area contributed by atoms with Crippen molar-refractivity contribution in [3.05, 3.63) is 0 Å². The first-order chi connectivity index (χ1) is 5.09. The molecule has 4 heteroatoms. The molecule has 0 saturated carbocycles. The Kier molecular flexibility index (Phi) is 5.09. The Labute approximate surface area is 80.1 Å². The van der Waals surface area contributed by atoms with Crippen LogP contribution in [0.3, 0.4) is 0 Å². The molecule has 74 valence electrons. The Hall–Kier alpha value is 0.170. The van der Waals surface area contributed by atoms with Crippen LogP contribution in [0.4, 0.5) is 0 Å². The van der Waals surface area contributed by atoms with Gasteiger partial charge in [-0.15, -0.1) is 12.4 Å². The van der Waals surface area contributed by atoms with E-state index < -0.39 is 6.29 Å². The number of aliphatic hydroxyl groups excluding tert-OH is 1. The number of nitrogens with zero attached hydrogens (tertiary/aromatic N) is 1. The third-order valence-electron chi connectivity index (χ3n) is 2.20. The topological polar surface area (TPSA) is 32.7 Å². The molecule has 3 atom stereocenters. The van der Waals surface area contributed by atoms with E-state index >= 15 is 0 Å². The molecule has 0 aromatic carbocycles. The van der Waals surface area contributed by atoms with Gasteiger partial charge in [0.25, 0.3) is 0 Å². The molecule has 0 aliphatic carbocycles. The summed E-state index contributed by atoms with van der Waals surface area (Å²) in [4.78, 5) is 2.14. The number of aliphatic hydroxyl groups is 1. The van der Waals surface area contributed by atoms with Crippen LogP contribution in [0.15, 0.2) is 0 Å². The van der Waals surface area contributed by atoms with E-state index in [1.165, 1.54) is 0 Å². The summed E-state index contributed by atoms with van der Waals surface area (Å²) >= 11 is 0. The largest absolute Gasteiger partial charge is 0.368 e. The number of hydrogen-bond donors (Lipinski definition) is 1. The highest BCUT2D eigenvalue weighted by molar-refractivity contribution is 5.85. The van der Waals surface area contributed by atoms with E-state index in [1.807, 2.05) is 21.0 Å². The first-order valence-corrected chi connectivity index (χ1v) is 4.09. The molecular weight excluding hydrogens is 178 g/mol. The average Bonchev–Trinajstić information content (AvgIpc) is 1.85. The molecule has 1 aliphatic heterocycles. The third kappa shape index (κ3) is 3.27. The van der Waals surface area contributed by atoms with E-state index in [-0.39, 0.29) is 18.5 Å². The molecular formula is C8H18ClNO2. The summed E-state index contributed by atoms with van der Waals surface area (Å²) in [7, 11) is 4.07. The Balaban J connectivity index is 0.00000121. The van der Waals surface area contributed by atoms with Gasteiger partial charge in [-0.05, 0) is 27.4 Å². The fraction of sp³-hybridized carbons (Fsp3) is 1.00. The van der Waals surface area contributed by atoms with Crippen LogP contribution in [0.25, 0.3) is 0 Å². The fourth-order valence-electron chi connectivity index (χ4n) is 1.51. The van der Waals surface area contributed by atoms with Crippen LogP contribution in [0, 0.1) is 0 Å². The van der Waals surface area contributed by atoms with Crippen LogP contribution >= 0.6 is 12.4 Å². The Bertz CT molecular complexity index is 122. The van der Waals surface area contributed by atoms with Crippen molar-refractivity contribution in [2.45, 2.75) is 38.2 Å². The van der Waals surface area contributed by atoms with Crippen LogP contribution in [0.2, 0.25) is 0 Å². The highest BCUT2D eigenvalue weighted by Crippen LogP contribution is 2.20. The summed E-state index contributed by atoms with van der Waals surface area (Å²) in [5.74, 6) is 0. The average molecular weight is 196 g/mol. The first-order valence-electron chi connectivity index (χ1n) is 4.09. The molecule has 0 radical (unpaired) electrons. The second-order valence-electron chi connectivity index (χ2n) is 3.49. The smallest absolute Gasteiger partial charge is 0.156 e. The minimum atomic E-state index is -0.564.